The highest BCUT2D eigenvalue weighted by Gasteiger charge is 2.24. The van der Waals surface area contributed by atoms with E-state index in [2.05, 4.69) is 22.6 Å². The molecule has 2 aromatic rings. The molecule has 0 spiro atoms. The second-order valence-corrected chi connectivity index (χ2v) is 7.09. The van der Waals surface area contributed by atoms with Gasteiger partial charge >= 0.3 is 0 Å². The van der Waals surface area contributed by atoms with E-state index in [0.717, 1.165) is 33.2 Å². The average Bonchev–Trinajstić information content (AvgIpc) is 2.46. The molecule has 0 N–H and O–H groups in total. The van der Waals surface area contributed by atoms with Gasteiger partial charge in [-0.2, -0.15) is 0 Å². The van der Waals surface area contributed by atoms with Gasteiger partial charge in [0.1, 0.15) is 0 Å². The van der Waals surface area contributed by atoms with Crippen molar-refractivity contribution in [3.63, 3.8) is 0 Å². The van der Waals surface area contributed by atoms with Crippen LogP contribution in [0, 0.1) is 3.57 Å². The van der Waals surface area contributed by atoms with E-state index in [1.165, 1.54) is 0 Å². The summed E-state index contributed by atoms with van der Waals surface area (Å²) in [6.07, 6.45) is 0.888. The fourth-order valence-electron chi connectivity index (χ4n) is 2.50. The number of carbonyl (C=O) groups is 1. The first kappa shape index (κ1) is 15.1. The number of carbonyl (C=O) groups excluding carboxylic acids is 1. The van der Waals surface area contributed by atoms with Gasteiger partial charge in [-0.05, 0) is 64.4 Å². The van der Waals surface area contributed by atoms with Crippen LogP contribution in [0.4, 0.5) is 0 Å². The maximum atomic E-state index is 12.6. The van der Waals surface area contributed by atoms with E-state index >= 15 is 0 Å². The van der Waals surface area contributed by atoms with E-state index in [4.69, 9.17) is 23.2 Å². The van der Waals surface area contributed by atoms with Crippen LogP contribution in [0.5, 0.6) is 0 Å². The molecule has 0 aromatic heterocycles. The number of benzene rings is 2. The van der Waals surface area contributed by atoms with Crippen LogP contribution < -0.4 is 0 Å². The lowest BCUT2D eigenvalue weighted by Gasteiger charge is -2.29. The summed E-state index contributed by atoms with van der Waals surface area (Å²) in [5, 5.41) is 1.05. The molecule has 0 radical (unpaired) electrons. The smallest absolute Gasteiger partial charge is 0.254 e. The molecule has 1 heterocycles. The van der Waals surface area contributed by atoms with Gasteiger partial charge in [0.2, 0.25) is 0 Å². The van der Waals surface area contributed by atoms with Gasteiger partial charge in [0, 0.05) is 22.2 Å². The third-order valence-electron chi connectivity index (χ3n) is 3.60. The van der Waals surface area contributed by atoms with E-state index in [9.17, 15) is 4.79 Å². The molecule has 3 rings (SSSR count). The topological polar surface area (TPSA) is 20.3 Å². The molecule has 0 saturated heterocycles. The molecule has 0 saturated carbocycles. The van der Waals surface area contributed by atoms with Gasteiger partial charge < -0.3 is 4.90 Å². The number of hydrogen-bond acceptors (Lipinski definition) is 1. The Labute approximate surface area is 147 Å². The molecule has 21 heavy (non-hydrogen) atoms. The highest BCUT2D eigenvalue weighted by molar-refractivity contribution is 14.1. The first-order valence-electron chi connectivity index (χ1n) is 6.56. The number of halogens is 3. The Morgan fingerprint density at radius 1 is 1.10 bits per heavy atom. The van der Waals surface area contributed by atoms with Crippen molar-refractivity contribution in [2.75, 3.05) is 6.54 Å². The van der Waals surface area contributed by atoms with Crippen LogP contribution >= 0.6 is 45.8 Å². The van der Waals surface area contributed by atoms with Gasteiger partial charge in [-0.15, -0.1) is 0 Å². The highest BCUT2D eigenvalue weighted by atomic mass is 127. The maximum absolute atomic E-state index is 12.6. The summed E-state index contributed by atoms with van der Waals surface area (Å²) in [5.74, 6) is 0.0841. The lowest BCUT2D eigenvalue weighted by molar-refractivity contribution is 0.0727. The van der Waals surface area contributed by atoms with Gasteiger partial charge in [-0.3, -0.25) is 4.79 Å². The van der Waals surface area contributed by atoms with Crippen molar-refractivity contribution >= 4 is 51.7 Å². The molecule has 0 bridgehead atoms. The number of fused-ring (bicyclic) bond motifs is 1. The van der Waals surface area contributed by atoms with Crippen molar-refractivity contribution in [1.82, 2.24) is 4.90 Å². The third-order valence-corrected chi connectivity index (χ3v) is 5.01. The summed E-state index contributed by atoms with van der Waals surface area (Å²) in [6, 6.07) is 11.5. The number of hydrogen-bond donors (Lipinski definition) is 0. The zero-order valence-corrected chi connectivity index (χ0v) is 14.7. The standard InChI is InChI=1S/C16H12Cl2INO/c17-14-4-1-10(7-15(14)18)9-20-6-5-11-2-3-12(19)8-13(11)16(20)21/h1-4,7-8H,5-6,9H2. The van der Waals surface area contributed by atoms with Crippen molar-refractivity contribution in [3.8, 4) is 0 Å². The van der Waals surface area contributed by atoms with E-state index in [1.807, 2.05) is 35.2 Å². The molecule has 1 amide bonds. The number of rotatable bonds is 2. The lowest BCUT2D eigenvalue weighted by atomic mass is 9.99. The molecule has 5 heteroatoms. The monoisotopic (exact) mass is 431 g/mol. The van der Waals surface area contributed by atoms with Crippen LogP contribution in [0.25, 0.3) is 0 Å². The molecular weight excluding hydrogens is 420 g/mol. The van der Waals surface area contributed by atoms with Crippen LogP contribution in [0.2, 0.25) is 10.0 Å². The van der Waals surface area contributed by atoms with Crippen LogP contribution in [0.15, 0.2) is 36.4 Å². The first-order chi connectivity index (χ1) is 10.0. The molecule has 2 aromatic carbocycles. The van der Waals surface area contributed by atoms with Gasteiger partial charge in [0.15, 0.2) is 0 Å². The van der Waals surface area contributed by atoms with Crippen LogP contribution in [0.3, 0.4) is 0 Å². The van der Waals surface area contributed by atoms with E-state index in [1.54, 1.807) is 6.07 Å². The normalized spacial score (nSPS) is 14.2. The molecule has 0 fully saturated rings. The van der Waals surface area contributed by atoms with E-state index in [0.29, 0.717) is 16.6 Å². The van der Waals surface area contributed by atoms with E-state index < -0.39 is 0 Å². The molecule has 108 valence electrons. The Bertz CT molecular complexity index is 717. The van der Waals surface area contributed by atoms with Gasteiger partial charge in [-0.25, -0.2) is 0 Å². The van der Waals surface area contributed by atoms with Crippen molar-refractivity contribution < 1.29 is 4.79 Å². The molecule has 1 aliphatic heterocycles. The first-order valence-corrected chi connectivity index (χ1v) is 8.39. The van der Waals surface area contributed by atoms with Crippen molar-refractivity contribution in [1.29, 1.82) is 0 Å². The molecular formula is C16H12Cl2INO. The van der Waals surface area contributed by atoms with Crippen molar-refractivity contribution in [2.24, 2.45) is 0 Å². The largest absolute Gasteiger partial charge is 0.334 e. The molecule has 0 aliphatic carbocycles. The van der Waals surface area contributed by atoms with Crippen molar-refractivity contribution in [2.45, 2.75) is 13.0 Å². The molecule has 0 atom stereocenters. The van der Waals surface area contributed by atoms with Crippen LogP contribution in [0.1, 0.15) is 21.5 Å². The summed E-state index contributed by atoms with van der Waals surface area (Å²) < 4.78 is 1.08. The fourth-order valence-corrected chi connectivity index (χ4v) is 3.31. The third kappa shape index (κ3) is 3.20. The van der Waals surface area contributed by atoms with Gasteiger partial charge in [0.05, 0.1) is 10.0 Å². The van der Waals surface area contributed by atoms with Crippen molar-refractivity contribution in [3.05, 3.63) is 66.7 Å². The fraction of sp³-hybridized carbons (Fsp3) is 0.188. The minimum atomic E-state index is 0.0841. The van der Waals surface area contributed by atoms with Gasteiger partial charge in [0.25, 0.3) is 5.91 Å². The average molecular weight is 432 g/mol. The number of amides is 1. The summed E-state index contributed by atoms with van der Waals surface area (Å²) in [6.45, 7) is 1.29. The Kier molecular flexibility index (Phi) is 4.43. The second kappa shape index (κ2) is 6.15. The van der Waals surface area contributed by atoms with E-state index in [-0.39, 0.29) is 5.91 Å². The molecule has 2 nitrogen and oxygen atoms in total. The minimum Gasteiger partial charge on any atom is -0.334 e. The quantitative estimate of drug-likeness (QED) is 0.625. The Hall–Kier alpha value is -0.780. The summed E-state index contributed by atoms with van der Waals surface area (Å²) in [7, 11) is 0. The lowest BCUT2D eigenvalue weighted by Crippen LogP contribution is -2.37. The summed E-state index contributed by atoms with van der Waals surface area (Å²) >= 11 is 14.2. The van der Waals surface area contributed by atoms with Crippen LogP contribution in [-0.2, 0) is 13.0 Å². The molecule has 0 unspecified atom stereocenters. The molecule has 1 aliphatic rings. The Balaban J connectivity index is 1.84. The Morgan fingerprint density at radius 2 is 1.90 bits per heavy atom. The second-order valence-electron chi connectivity index (χ2n) is 5.03. The number of nitrogens with zero attached hydrogens (tertiary/aromatic N) is 1. The summed E-state index contributed by atoms with van der Waals surface area (Å²) in [4.78, 5) is 14.4. The zero-order valence-electron chi connectivity index (χ0n) is 11.1. The SMILES string of the molecule is O=C1c2cc(I)ccc2CCN1Cc1ccc(Cl)c(Cl)c1. The predicted molar refractivity (Wildman–Crippen MR) is 94.1 cm³/mol. The maximum Gasteiger partial charge on any atom is 0.254 e. The summed E-state index contributed by atoms with van der Waals surface area (Å²) in [5.41, 5.74) is 2.94. The van der Waals surface area contributed by atoms with Crippen LogP contribution in [-0.4, -0.2) is 17.4 Å². The predicted octanol–water partition coefficient (Wildman–Crippen LogP) is 4.80. The zero-order chi connectivity index (χ0) is 15.0. The Morgan fingerprint density at radius 3 is 2.67 bits per heavy atom. The highest BCUT2D eigenvalue weighted by Crippen LogP contribution is 2.26. The van der Waals surface area contributed by atoms with Gasteiger partial charge in [-0.1, -0.05) is 35.3 Å². The minimum absolute atomic E-state index is 0.0841.